The molecule has 0 atom stereocenters. The summed E-state index contributed by atoms with van der Waals surface area (Å²) in [7, 11) is 10.7. The molecule has 0 unspecified atom stereocenters. The second-order valence-electron chi connectivity index (χ2n) is 10.3. The van der Waals surface area contributed by atoms with Crippen LogP contribution in [0.4, 0.5) is 0 Å². The van der Waals surface area contributed by atoms with Crippen LogP contribution in [0.5, 0.6) is 0 Å². The molecule has 0 saturated heterocycles. The zero-order valence-corrected chi connectivity index (χ0v) is 28.4. The second-order valence-corrected chi connectivity index (χ2v) is 15.4. The molecule has 0 bridgehead atoms. The minimum Gasteiger partial charge on any atom is -0.184 e. The van der Waals surface area contributed by atoms with Crippen molar-refractivity contribution < 1.29 is 20.8 Å². The Labute approximate surface area is 265 Å². The van der Waals surface area contributed by atoms with E-state index in [0.717, 1.165) is 9.52 Å². The number of aryl methyl sites for hydroxylation is 1. The van der Waals surface area contributed by atoms with Crippen molar-refractivity contribution in [1.82, 2.24) is 0 Å². The molecule has 0 spiro atoms. The van der Waals surface area contributed by atoms with Gasteiger partial charge >= 0.3 is 37.9 Å². The SMILES string of the molecule is Cc1cc2c(-c3ccccc3-c3ccccc3)c(C(C)C)ccc2[cH-]1.[Cl][Zr+2][Cl].[c-]1cccc2c1[Si]c1ccccc1-2. The number of hydrogen-bond donors (Lipinski definition) is 0. The quantitative estimate of drug-likeness (QED) is 0.130. The van der Waals surface area contributed by atoms with Gasteiger partial charge in [-0.3, -0.25) is 0 Å². The van der Waals surface area contributed by atoms with Crippen molar-refractivity contribution in [3.8, 4) is 33.4 Å². The fraction of sp³-hybridized carbons (Fsp3) is 0.108. The summed E-state index contributed by atoms with van der Waals surface area (Å²) in [6.45, 7) is 6.75. The summed E-state index contributed by atoms with van der Waals surface area (Å²) in [6, 6.07) is 46.9. The van der Waals surface area contributed by atoms with Crippen molar-refractivity contribution in [2.75, 3.05) is 0 Å². The van der Waals surface area contributed by atoms with Gasteiger partial charge in [-0.1, -0.05) is 122 Å². The minimum atomic E-state index is -0.826. The molecule has 0 saturated carbocycles. The van der Waals surface area contributed by atoms with E-state index in [1.165, 1.54) is 65.7 Å². The first-order valence-electron chi connectivity index (χ1n) is 13.7. The maximum atomic E-state index is 4.93. The molecule has 0 nitrogen and oxygen atoms in total. The van der Waals surface area contributed by atoms with Gasteiger partial charge in [0.2, 0.25) is 0 Å². The van der Waals surface area contributed by atoms with Gasteiger partial charge in [-0.15, -0.1) is 40.1 Å². The molecule has 0 N–H and O–H groups in total. The van der Waals surface area contributed by atoms with Gasteiger partial charge in [0.25, 0.3) is 0 Å². The first-order chi connectivity index (χ1) is 20.0. The smallest absolute Gasteiger partial charge is 0.0920 e. The topological polar surface area (TPSA) is 0 Å². The summed E-state index contributed by atoms with van der Waals surface area (Å²) in [6.07, 6.45) is 0. The van der Waals surface area contributed by atoms with Crippen LogP contribution < -0.4 is 10.4 Å². The van der Waals surface area contributed by atoms with Crippen molar-refractivity contribution in [3.63, 3.8) is 0 Å². The molecule has 41 heavy (non-hydrogen) atoms. The van der Waals surface area contributed by atoms with Crippen LogP contribution in [0.25, 0.3) is 44.2 Å². The van der Waals surface area contributed by atoms with E-state index in [2.05, 4.69) is 142 Å². The second kappa shape index (κ2) is 14.0. The van der Waals surface area contributed by atoms with Gasteiger partial charge in [-0.05, 0) is 22.6 Å². The summed E-state index contributed by atoms with van der Waals surface area (Å²) in [5, 5.41) is 5.52. The Hall–Kier alpha value is -2.61. The van der Waals surface area contributed by atoms with Crippen molar-refractivity contribution in [2.45, 2.75) is 26.7 Å². The van der Waals surface area contributed by atoms with Gasteiger partial charge in [0.05, 0.1) is 9.52 Å². The number of halogens is 2. The predicted molar refractivity (Wildman–Crippen MR) is 177 cm³/mol. The summed E-state index contributed by atoms with van der Waals surface area (Å²) in [4.78, 5) is 0. The van der Waals surface area contributed by atoms with E-state index in [4.69, 9.17) is 17.0 Å². The van der Waals surface area contributed by atoms with Crippen LogP contribution in [-0.2, 0) is 20.8 Å². The van der Waals surface area contributed by atoms with Crippen LogP contribution in [0.15, 0.2) is 121 Å². The zero-order chi connectivity index (χ0) is 28.8. The third-order valence-electron chi connectivity index (χ3n) is 7.30. The first kappa shape index (κ1) is 29.9. The Kier molecular flexibility index (Phi) is 10.2. The molecule has 6 aromatic carbocycles. The van der Waals surface area contributed by atoms with Crippen molar-refractivity contribution in [2.24, 2.45) is 0 Å². The molecule has 7 rings (SSSR count). The normalized spacial score (nSPS) is 11.1. The summed E-state index contributed by atoms with van der Waals surface area (Å²) in [5.41, 5.74) is 10.8. The molecule has 0 fully saturated rings. The maximum Gasteiger partial charge on any atom is 0.0920 e. The molecule has 200 valence electrons. The monoisotopic (exact) mass is 662 g/mol. The van der Waals surface area contributed by atoms with E-state index in [-0.39, 0.29) is 0 Å². The van der Waals surface area contributed by atoms with Gasteiger partial charge in [0.1, 0.15) is 0 Å². The molecule has 1 heterocycles. The maximum absolute atomic E-state index is 4.93. The summed E-state index contributed by atoms with van der Waals surface area (Å²) < 4.78 is 0. The van der Waals surface area contributed by atoms with Crippen LogP contribution >= 0.6 is 17.0 Å². The molecular weight excluding hydrogens is 635 g/mol. The molecule has 1 aliphatic rings. The molecule has 6 aromatic rings. The molecule has 1 aliphatic heterocycles. The van der Waals surface area contributed by atoms with E-state index >= 15 is 0 Å². The Bertz CT molecular complexity index is 1710. The van der Waals surface area contributed by atoms with E-state index in [1.54, 1.807) is 0 Å². The van der Waals surface area contributed by atoms with E-state index in [9.17, 15) is 0 Å². The fourth-order valence-corrected chi connectivity index (χ4v) is 6.84. The standard InChI is InChI=1S/C25H23.C12H7Si.2ClH.Zr/c1-17(2)21-14-13-20-15-18(3)16-24(20)25(21)23-12-8-7-11-22(23)19-9-5-4-6-10-19;1-3-7-11-9(5-1)10-6-2-4-8-12(10)13-11;;;/h4-17H,1-3H3;1-7H;2*1H;/q2*-1;;;+4/p-2. The number of benzene rings is 5. The van der Waals surface area contributed by atoms with Gasteiger partial charge in [0.15, 0.2) is 0 Å². The Morgan fingerprint density at radius 3 is 2.10 bits per heavy atom. The summed E-state index contributed by atoms with van der Waals surface area (Å²) >= 11 is -0.826. The molecule has 0 aromatic heterocycles. The van der Waals surface area contributed by atoms with Crippen molar-refractivity contribution in [3.05, 3.63) is 139 Å². The van der Waals surface area contributed by atoms with E-state index in [0.29, 0.717) is 5.92 Å². The molecular formula is C37H30Cl2SiZr. The Balaban J connectivity index is 0.000000175. The molecule has 0 aliphatic carbocycles. The Morgan fingerprint density at radius 2 is 1.37 bits per heavy atom. The fourth-order valence-electron chi connectivity index (χ4n) is 5.53. The molecule has 4 heteroatoms. The minimum absolute atomic E-state index is 0.485. The van der Waals surface area contributed by atoms with E-state index in [1.807, 2.05) is 6.07 Å². The van der Waals surface area contributed by atoms with Crippen molar-refractivity contribution in [1.29, 1.82) is 0 Å². The third kappa shape index (κ3) is 6.73. The largest absolute Gasteiger partial charge is 0.184 e. The number of rotatable bonds is 3. The molecule has 0 amide bonds. The average molecular weight is 665 g/mol. The summed E-state index contributed by atoms with van der Waals surface area (Å²) in [5.74, 6) is 0.485. The van der Waals surface area contributed by atoms with Gasteiger partial charge < -0.3 is 0 Å². The number of fused-ring (bicyclic) bond motifs is 4. The van der Waals surface area contributed by atoms with E-state index < -0.39 is 20.8 Å². The predicted octanol–water partition coefficient (Wildman–Crippen LogP) is 9.82. The average Bonchev–Trinajstić information content (AvgIpc) is 3.57. The third-order valence-corrected chi connectivity index (χ3v) is 8.67. The molecule has 2 radical (unpaired) electrons. The van der Waals surface area contributed by atoms with Gasteiger partial charge in [-0.2, -0.15) is 35.5 Å². The van der Waals surface area contributed by atoms with Crippen molar-refractivity contribution >= 4 is 47.7 Å². The van der Waals surface area contributed by atoms with Crippen LogP contribution in [-0.4, -0.2) is 9.52 Å². The van der Waals surface area contributed by atoms with Gasteiger partial charge in [-0.25, -0.2) is 0 Å². The Morgan fingerprint density at radius 1 is 0.732 bits per heavy atom. The number of hydrogen-bond acceptors (Lipinski definition) is 0. The zero-order valence-electron chi connectivity index (χ0n) is 23.4. The van der Waals surface area contributed by atoms with Crippen LogP contribution in [0.3, 0.4) is 0 Å². The van der Waals surface area contributed by atoms with Crippen LogP contribution in [0.1, 0.15) is 30.9 Å². The first-order valence-corrected chi connectivity index (χ1v) is 21.0. The van der Waals surface area contributed by atoms with Crippen LogP contribution in [0, 0.1) is 13.0 Å². The van der Waals surface area contributed by atoms with Gasteiger partial charge in [0, 0.05) is 0 Å². The van der Waals surface area contributed by atoms with Crippen LogP contribution in [0.2, 0.25) is 0 Å².